The number of Topliss-reactive ketones (excluding diaryl/α,β-unsaturated/α-hetero) is 1. The van der Waals surface area contributed by atoms with Crippen molar-refractivity contribution in [3.63, 3.8) is 0 Å². The summed E-state index contributed by atoms with van der Waals surface area (Å²) in [5.74, 6) is -1.88. The number of likely N-dealkylation sites (tertiary alicyclic amines) is 1. The summed E-state index contributed by atoms with van der Waals surface area (Å²) in [5.41, 5.74) is 1.89. The second kappa shape index (κ2) is 9.93. The Bertz CT molecular complexity index is 1240. The van der Waals surface area contributed by atoms with E-state index in [1.54, 1.807) is 0 Å². The molecule has 0 saturated carbocycles. The molecule has 0 radical (unpaired) electrons. The number of carbonyl (C=O) groups excluding carboxylic acids is 2. The molecule has 1 atom stereocenters. The molecular weight excluding hydrogens is 468 g/mol. The third-order valence-electron chi connectivity index (χ3n) is 6.08. The number of hydrogen-bond donors (Lipinski definition) is 1. The molecule has 1 N–H and O–H groups in total. The minimum Gasteiger partial charge on any atom is -0.507 e. The third kappa shape index (κ3) is 5.17. The summed E-state index contributed by atoms with van der Waals surface area (Å²) in [7, 11) is 0.705. The van der Waals surface area contributed by atoms with E-state index in [-0.39, 0.29) is 40.4 Å². The first-order valence-corrected chi connectivity index (χ1v) is 12.7. The fourth-order valence-electron chi connectivity index (χ4n) is 3.96. The maximum atomic E-state index is 13.1. The van der Waals surface area contributed by atoms with Crippen LogP contribution in [0.2, 0.25) is 0 Å². The van der Waals surface area contributed by atoms with Crippen molar-refractivity contribution in [2.45, 2.75) is 37.1 Å². The first kappa shape index (κ1) is 26.6. The smallest absolute Gasteiger partial charge is 0.295 e. The highest BCUT2D eigenvalue weighted by molar-refractivity contribution is 7.89. The van der Waals surface area contributed by atoms with Crippen molar-refractivity contribution in [2.24, 2.45) is 0 Å². The summed E-state index contributed by atoms with van der Waals surface area (Å²) in [6.07, 6.45) is 0. The van der Waals surface area contributed by atoms with Gasteiger partial charge >= 0.3 is 0 Å². The number of hydrogen-bond acceptors (Lipinski definition) is 6. The summed E-state index contributed by atoms with van der Waals surface area (Å²) < 4.78 is 31.0. The van der Waals surface area contributed by atoms with Gasteiger partial charge in [-0.15, -0.1) is 0 Å². The Morgan fingerprint density at radius 3 is 2.09 bits per heavy atom. The number of amides is 1. The number of nitrogens with zero attached hydrogens (tertiary/aromatic N) is 2. The highest BCUT2D eigenvalue weighted by Crippen LogP contribution is 2.40. The lowest BCUT2D eigenvalue weighted by molar-refractivity contribution is -0.140. The number of ether oxygens (including phenoxy) is 1. The minimum absolute atomic E-state index is 0.0437. The van der Waals surface area contributed by atoms with Crippen molar-refractivity contribution in [1.29, 1.82) is 0 Å². The lowest BCUT2D eigenvalue weighted by Gasteiger charge is -2.26. The van der Waals surface area contributed by atoms with Gasteiger partial charge in [0, 0.05) is 33.3 Å². The molecule has 1 aliphatic heterocycles. The van der Waals surface area contributed by atoms with Crippen LogP contribution in [-0.4, -0.2) is 68.8 Å². The van der Waals surface area contributed by atoms with Crippen molar-refractivity contribution in [1.82, 2.24) is 9.21 Å². The topological polar surface area (TPSA) is 104 Å². The Hall–Kier alpha value is -3.01. The number of aliphatic hydroxyl groups excluding tert-OH is 1. The molecule has 0 aliphatic carbocycles. The quantitative estimate of drug-likeness (QED) is 0.355. The number of carbonyl (C=O) groups is 2. The van der Waals surface area contributed by atoms with Crippen LogP contribution in [-0.2, 0) is 29.8 Å². The molecule has 35 heavy (non-hydrogen) atoms. The molecule has 3 rings (SSSR count). The molecule has 8 nitrogen and oxygen atoms in total. The molecule has 2 aromatic carbocycles. The SMILES string of the molecule is COCCN1C(=O)C(=O)/C(=C(\O)c2ccc(S(=O)(=O)N(C)C)cc2)C1c1ccc(C(C)(C)C)cc1. The van der Waals surface area contributed by atoms with Gasteiger partial charge in [0.25, 0.3) is 11.7 Å². The summed E-state index contributed by atoms with van der Waals surface area (Å²) in [6.45, 7) is 6.66. The number of methoxy groups -OCH3 is 1. The second-order valence-corrected chi connectivity index (χ2v) is 11.8. The molecule has 0 spiro atoms. The van der Waals surface area contributed by atoms with E-state index in [0.717, 1.165) is 9.87 Å². The van der Waals surface area contributed by atoms with E-state index in [9.17, 15) is 23.1 Å². The van der Waals surface area contributed by atoms with Crippen molar-refractivity contribution in [2.75, 3.05) is 34.4 Å². The molecule has 2 aromatic rings. The third-order valence-corrected chi connectivity index (χ3v) is 7.90. The van der Waals surface area contributed by atoms with Gasteiger partial charge in [-0.3, -0.25) is 9.59 Å². The Morgan fingerprint density at radius 1 is 1.03 bits per heavy atom. The molecule has 1 unspecified atom stereocenters. The average Bonchev–Trinajstić information content (AvgIpc) is 3.06. The van der Waals surface area contributed by atoms with Crippen molar-refractivity contribution in [3.8, 4) is 0 Å². The Kier molecular flexibility index (Phi) is 7.54. The number of benzene rings is 2. The van der Waals surface area contributed by atoms with E-state index in [0.29, 0.717) is 5.56 Å². The van der Waals surface area contributed by atoms with Crippen LogP contribution < -0.4 is 0 Å². The van der Waals surface area contributed by atoms with Crippen LogP contribution in [0.4, 0.5) is 0 Å². The van der Waals surface area contributed by atoms with Gasteiger partial charge in [-0.25, -0.2) is 12.7 Å². The van der Waals surface area contributed by atoms with Crippen LogP contribution >= 0.6 is 0 Å². The number of sulfonamides is 1. The Labute approximate surface area is 206 Å². The molecule has 188 valence electrons. The van der Waals surface area contributed by atoms with Crippen molar-refractivity contribution < 1.29 is 27.9 Å². The molecule has 1 saturated heterocycles. The van der Waals surface area contributed by atoms with E-state index >= 15 is 0 Å². The van der Waals surface area contributed by atoms with Gasteiger partial charge < -0.3 is 14.7 Å². The predicted molar refractivity (Wildman–Crippen MR) is 133 cm³/mol. The monoisotopic (exact) mass is 500 g/mol. The highest BCUT2D eigenvalue weighted by Gasteiger charge is 2.46. The number of aliphatic hydroxyl groups is 1. The van der Waals surface area contributed by atoms with Gasteiger partial charge in [0.1, 0.15) is 5.76 Å². The zero-order chi connectivity index (χ0) is 26.1. The van der Waals surface area contributed by atoms with Gasteiger partial charge in [-0.05, 0) is 40.8 Å². The lowest BCUT2D eigenvalue weighted by atomic mass is 9.85. The first-order valence-electron chi connectivity index (χ1n) is 11.2. The van der Waals surface area contributed by atoms with Crippen LogP contribution in [0.25, 0.3) is 5.76 Å². The minimum atomic E-state index is -3.65. The van der Waals surface area contributed by atoms with E-state index in [4.69, 9.17) is 4.74 Å². The van der Waals surface area contributed by atoms with Crippen molar-refractivity contribution in [3.05, 3.63) is 70.8 Å². The summed E-state index contributed by atoms with van der Waals surface area (Å²) >= 11 is 0. The first-order chi connectivity index (χ1) is 16.3. The van der Waals surface area contributed by atoms with Crippen LogP contribution in [0.1, 0.15) is 43.5 Å². The predicted octanol–water partition coefficient (Wildman–Crippen LogP) is 3.30. The Morgan fingerprint density at radius 2 is 1.60 bits per heavy atom. The standard InChI is InChI=1S/C26H32N2O6S/c1-26(2,3)19-11-7-17(8-12-19)22-21(24(30)25(31)28(22)15-16-34-6)23(29)18-9-13-20(14-10-18)35(32,33)27(4)5/h7-14,22,29H,15-16H2,1-6H3/b23-21-. The molecule has 0 aromatic heterocycles. The van der Waals surface area contributed by atoms with Gasteiger partial charge in [0.05, 0.1) is 23.1 Å². The largest absolute Gasteiger partial charge is 0.507 e. The van der Waals surface area contributed by atoms with E-state index in [1.807, 2.05) is 24.3 Å². The van der Waals surface area contributed by atoms with Gasteiger partial charge in [-0.2, -0.15) is 0 Å². The van der Waals surface area contributed by atoms with E-state index < -0.39 is 27.8 Å². The maximum absolute atomic E-state index is 13.1. The fraction of sp³-hybridized carbons (Fsp3) is 0.385. The summed E-state index contributed by atoms with van der Waals surface area (Å²) in [4.78, 5) is 27.4. The summed E-state index contributed by atoms with van der Waals surface area (Å²) in [5, 5.41) is 11.2. The maximum Gasteiger partial charge on any atom is 0.295 e. The molecule has 1 heterocycles. The average molecular weight is 501 g/mol. The van der Waals surface area contributed by atoms with Crippen LogP contribution in [0.5, 0.6) is 0 Å². The van der Waals surface area contributed by atoms with Crippen LogP contribution in [0.3, 0.4) is 0 Å². The molecule has 0 bridgehead atoms. The number of ketones is 1. The van der Waals surface area contributed by atoms with Crippen molar-refractivity contribution >= 4 is 27.5 Å². The molecule has 1 amide bonds. The zero-order valence-corrected chi connectivity index (χ0v) is 21.7. The van der Waals surface area contributed by atoms with Crippen LogP contribution in [0.15, 0.2) is 59.0 Å². The molecule has 1 fully saturated rings. The van der Waals surface area contributed by atoms with E-state index in [1.165, 1.54) is 50.4 Å². The Balaban J connectivity index is 2.12. The highest BCUT2D eigenvalue weighted by atomic mass is 32.2. The summed E-state index contributed by atoms with van der Waals surface area (Å²) in [6, 6.07) is 12.4. The molecule has 1 aliphatic rings. The normalized spacial score (nSPS) is 18.5. The number of rotatable bonds is 7. The molecular formula is C26H32N2O6S. The van der Waals surface area contributed by atoms with Gasteiger partial charge in [0.2, 0.25) is 10.0 Å². The fourth-order valence-corrected chi connectivity index (χ4v) is 4.86. The molecule has 9 heteroatoms. The van der Waals surface area contributed by atoms with Gasteiger partial charge in [-0.1, -0.05) is 45.0 Å². The zero-order valence-electron chi connectivity index (χ0n) is 20.9. The lowest BCUT2D eigenvalue weighted by Crippen LogP contribution is -2.32. The van der Waals surface area contributed by atoms with Crippen LogP contribution in [0, 0.1) is 0 Å². The van der Waals surface area contributed by atoms with Gasteiger partial charge in [0.15, 0.2) is 0 Å². The van der Waals surface area contributed by atoms with E-state index in [2.05, 4.69) is 20.8 Å². The second-order valence-electron chi connectivity index (χ2n) is 9.67.